The van der Waals surface area contributed by atoms with Crippen LogP contribution in [0.25, 0.3) is 0 Å². The lowest BCUT2D eigenvalue weighted by Crippen LogP contribution is -2.15. The van der Waals surface area contributed by atoms with Crippen molar-refractivity contribution in [3.63, 3.8) is 0 Å². The summed E-state index contributed by atoms with van der Waals surface area (Å²) in [6.07, 6.45) is -0.337. The summed E-state index contributed by atoms with van der Waals surface area (Å²) in [5.74, 6) is -0.857. The molecule has 0 saturated heterocycles. The molecule has 0 aliphatic heterocycles. The molecule has 0 fully saturated rings. The van der Waals surface area contributed by atoms with Crippen molar-refractivity contribution >= 4 is 17.6 Å². The molecule has 3 N–H and O–H groups in total. The number of aliphatic hydroxyl groups excluding tert-OH is 2. The lowest BCUT2D eigenvalue weighted by Gasteiger charge is -2.16. The molecule has 1 aromatic rings. The van der Waals surface area contributed by atoms with Crippen LogP contribution in [0.4, 0.5) is 0 Å². The summed E-state index contributed by atoms with van der Waals surface area (Å²) in [6, 6.07) is 5.08. The molecule has 17 heavy (non-hydrogen) atoms. The van der Waals surface area contributed by atoms with Gasteiger partial charge in [0.1, 0.15) is 0 Å². The third-order valence-corrected chi connectivity index (χ3v) is 2.81. The Morgan fingerprint density at radius 1 is 1.35 bits per heavy atom. The Balaban J connectivity index is 3.15. The van der Waals surface area contributed by atoms with Gasteiger partial charge in [-0.15, -0.1) is 11.6 Å². The van der Waals surface area contributed by atoms with Gasteiger partial charge in [0, 0.05) is 11.4 Å². The fourth-order valence-electron chi connectivity index (χ4n) is 1.75. The van der Waals surface area contributed by atoms with Gasteiger partial charge in [0.25, 0.3) is 0 Å². The van der Waals surface area contributed by atoms with Gasteiger partial charge in [-0.1, -0.05) is 18.2 Å². The highest BCUT2D eigenvalue weighted by molar-refractivity contribution is 6.17. The summed E-state index contributed by atoms with van der Waals surface area (Å²) in [5.41, 5.74) is 1.44. The van der Waals surface area contributed by atoms with Crippen molar-refractivity contribution in [3.05, 3.63) is 34.9 Å². The summed E-state index contributed by atoms with van der Waals surface area (Å²) in [7, 11) is 0. The van der Waals surface area contributed by atoms with Gasteiger partial charge in [0.05, 0.1) is 6.61 Å². The van der Waals surface area contributed by atoms with E-state index in [2.05, 4.69) is 0 Å². The van der Waals surface area contributed by atoms with Crippen LogP contribution < -0.4 is 0 Å². The third-order valence-electron chi connectivity index (χ3n) is 2.54. The van der Waals surface area contributed by atoms with Crippen LogP contribution in [0.1, 0.15) is 29.2 Å². The van der Waals surface area contributed by atoms with Crippen molar-refractivity contribution < 1.29 is 20.1 Å². The zero-order chi connectivity index (χ0) is 12.8. The summed E-state index contributed by atoms with van der Waals surface area (Å²) >= 11 is 5.59. The number of halogens is 1. The van der Waals surface area contributed by atoms with Crippen molar-refractivity contribution in [3.8, 4) is 0 Å². The van der Waals surface area contributed by atoms with E-state index in [9.17, 15) is 9.90 Å². The van der Waals surface area contributed by atoms with Gasteiger partial charge in [-0.2, -0.15) is 0 Å². The van der Waals surface area contributed by atoms with Gasteiger partial charge in [-0.3, -0.25) is 0 Å². The number of benzene rings is 1. The molecule has 0 aliphatic rings. The average Bonchev–Trinajstić information content (AvgIpc) is 2.34. The largest absolute Gasteiger partial charge is 0.479 e. The van der Waals surface area contributed by atoms with E-state index >= 15 is 0 Å². The molecule has 4 nitrogen and oxygen atoms in total. The lowest BCUT2D eigenvalue weighted by atomic mass is 9.94. The van der Waals surface area contributed by atoms with Crippen molar-refractivity contribution in [2.24, 2.45) is 0 Å². The molecule has 0 amide bonds. The van der Waals surface area contributed by atoms with Crippen LogP contribution in [0.5, 0.6) is 0 Å². The number of aliphatic hydroxyl groups is 2. The molecule has 0 aliphatic carbocycles. The number of carboxylic acids is 1. The molecule has 1 rings (SSSR count). The first-order valence-corrected chi connectivity index (χ1v) is 5.83. The van der Waals surface area contributed by atoms with Gasteiger partial charge >= 0.3 is 5.97 Å². The fraction of sp³-hybridized carbons (Fsp3) is 0.417. The number of carboxylic acid groups (broad SMARTS) is 1. The Hall–Kier alpha value is -1.10. The van der Waals surface area contributed by atoms with E-state index < -0.39 is 12.1 Å². The van der Waals surface area contributed by atoms with Crippen molar-refractivity contribution in [1.82, 2.24) is 0 Å². The highest BCUT2D eigenvalue weighted by Crippen LogP contribution is 2.24. The van der Waals surface area contributed by atoms with Crippen LogP contribution in [-0.4, -0.2) is 27.2 Å². The zero-order valence-corrected chi connectivity index (χ0v) is 10.0. The van der Waals surface area contributed by atoms with Crippen molar-refractivity contribution in [1.29, 1.82) is 0 Å². The van der Waals surface area contributed by atoms with Crippen LogP contribution in [-0.2, 0) is 17.8 Å². The van der Waals surface area contributed by atoms with E-state index in [0.29, 0.717) is 29.8 Å². The van der Waals surface area contributed by atoms with Crippen molar-refractivity contribution in [2.45, 2.75) is 25.6 Å². The van der Waals surface area contributed by atoms with Gasteiger partial charge in [-0.05, 0) is 24.0 Å². The molecule has 0 radical (unpaired) electrons. The van der Waals surface area contributed by atoms with Gasteiger partial charge in [-0.25, -0.2) is 4.79 Å². The molecule has 0 aromatic heterocycles. The van der Waals surface area contributed by atoms with Crippen LogP contribution in [0, 0.1) is 0 Å². The molecule has 94 valence electrons. The Morgan fingerprint density at radius 3 is 2.53 bits per heavy atom. The van der Waals surface area contributed by atoms with E-state index in [1.165, 1.54) is 0 Å². The van der Waals surface area contributed by atoms with E-state index in [1.54, 1.807) is 18.2 Å². The predicted octanol–water partition coefficient (Wildman–Crippen LogP) is 1.47. The second-order valence-electron chi connectivity index (χ2n) is 3.68. The maximum absolute atomic E-state index is 10.8. The predicted molar refractivity (Wildman–Crippen MR) is 64.0 cm³/mol. The molecule has 1 aromatic carbocycles. The smallest absolute Gasteiger partial charge is 0.337 e. The lowest BCUT2D eigenvalue weighted by molar-refractivity contribution is -0.147. The second kappa shape index (κ2) is 6.59. The molecule has 0 bridgehead atoms. The van der Waals surface area contributed by atoms with Gasteiger partial charge in [0.2, 0.25) is 0 Å². The zero-order valence-electron chi connectivity index (χ0n) is 9.27. The van der Waals surface area contributed by atoms with Crippen molar-refractivity contribution in [2.75, 3.05) is 5.88 Å². The molecule has 5 heteroatoms. The third kappa shape index (κ3) is 3.43. The van der Waals surface area contributed by atoms with Crippen LogP contribution >= 0.6 is 11.6 Å². The van der Waals surface area contributed by atoms with Crippen LogP contribution in [0.15, 0.2) is 18.2 Å². The van der Waals surface area contributed by atoms with Gasteiger partial charge < -0.3 is 15.3 Å². The Morgan fingerprint density at radius 2 is 2.00 bits per heavy atom. The minimum absolute atomic E-state index is 0.285. The molecular formula is C12H15ClO4. The average molecular weight is 259 g/mol. The molecule has 1 atom stereocenters. The number of aliphatic carboxylic acids is 1. The second-order valence-corrected chi connectivity index (χ2v) is 4.06. The topological polar surface area (TPSA) is 77.8 Å². The number of alkyl halides is 1. The number of carbonyl (C=O) groups is 1. The van der Waals surface area contributed by atoms with E-state index in [4.69, 9.17) is 21.8 Å². The first kappa shape index (κ1) is 14.0. The van der Waals surface area contributed by atoms with Crippen LogP contribution in [0.3, 0.4) is 0 Å². The molecule has 0 spiro atoms. The number of hydrogen-bond donors (Lipinski definition) is 3. The first-order valence-electron chi connectivity index (χ1n) is 5.30. The minimum atomic E-state index is -1.61. The quantitative estimate of drug-likeness (QED) is 0.675. The number of hydrogen-bond acceptors (Lipinski definition) is 3. The maximum atomic E-state index is 10.8. The molecular weight excluding hydrogens is 244 g/mol. The summed E-state index contributed by atoms with van der Waals surface area (Å²) < 4.78 is 0. The minimum Gasteiger partial charge on any atom is -0.479 e. The first-order chi connectivity index (χ1) is 8.11. The molecule has 1 unspecified atom stereocenters. The normalized spacial score (nSPS) is 12.4. The number of rotatable bonds is 6. The summed E-state index contributed by atoms with van der Waals surface area (Å²) in [5, 5.41) is 27.7. The summed E-state index contributed by atoms with van der Waals surface area (Å²) in [6.45, 7) is -0.297. The molecule has 0 heterocycles. The van der Waals surface area contributed by atoms with E-state index in [-0.39, 0.29) is 12.2 Å². The van der Waals surface area contributed by atoms with Gasteiger partial charge in [0.15, 0.2) is 6.10 Å². The Labute approximate surface area is 104 Å². The highest BCUT2D eigenvalue weighted by Gasteiger charge is 2.22. The van der Waals surface area contributed by atoms with E-state index in [0.717, 1.165) is 0 Å². The highest BCUT2D eigenvalue weighted by atomic mass is 35.5. The number of aryl methyl sites for hydroxylation is 1. The van der Waals surface area contributed by atoms with E-state index in [1.807, 2.05) is 0 Å². The monoisotopic (exact) mass is 258 g/mol. The summed E-state index contributed by atoms with van der Waals surface area (Å²) in [4.78, 5) is 10.8. The Kier molecular flexibility index (Phi) is 5.41. The standard InChI is InChI=1S/C12H15ClO4/c13-6-2-5-8-3-1-4-9(7-14)10(8)11(15)12(16)17/h1,3-4,11,14-15H,2,5-7H2,(H,16,17). The fourth-order valence-corrected chi connectivity index (χ4v) is 1.89. The molecule has 0 saturated carbocycles. The van der Waals surface area contributed by atoms with Crippen LogP contribution in [0.2, 0.25) is 0 Å². The maximum Gasteiger partial charge on any atom is 0.337 e. The SMILES string of the molecule is O=C(O)C(O)c1c(CO)cccc1CCCCl. The Bertz CT molecular complexity index is 392.